The molecule has 5 nitrogen and oxygen atoms in total. The van der Waals surface area contributed by atoms with Crippen LogP contribution in [-0.4, -0.2) is 22.6 Å². The lowest BCUT2D eigenvalue weighted by molar-refractivity contribution is 0.0941. The zero-order chi connectivity index (χ0) is 17.8. The first-order valence-corrected chi connectivity index (χ1v) is 8.14. The van der Waals surface area contributed by atoms with Crippen LogP contribution in [0.2, 0.25) is 5.02 Å². The molecule has 0 aliphatic carbocycles. The Morgan fingerprint density at radius 2 is 2.04 bits per heavy atom. The predicted octanol–water partition coefficient (Wildman–Crippen LogP) is 3.60. The highest BCUT2D eigenvalue weighted by atomic mass is 35.5. The fourth-order valence-corrected chi connectivity index (χ4v) is 2.85. The summed E-state index contributed by atoms with van der Waals surface area (Å²) in [6, 6.07) is 14.1. The van der Waals surface area contributed by atoms with Crippen molar-refractivity contribution in [2.24, 2.45) is 7.05 Å². The Morgan fingerprint density at radius 3 is 2.72 bits per heavy atom. The van der Waals surface area contributed by atoms with Crippen molar-refractivity contribution < 1.29 is 9.53 Å². The number of amides is 1. The first-order valence-electron chi connectivity index (χ1n) is 7.76. The minimum atomic E-state index is -0.432. The number of benzene rings is 2. The monoisotopic (exact) mass is 355 g/mol. The largest absolute Gasteiger partial charge is 0.497 e. The van der Waals surface area contributed by atoms with Crippen LogP contribution in [0.15, 0.2) is 60.9 Å². The van der Waals surface area contributed by atoms with Gasteiger partial charge in [-0.3, -0.25) is 4.79 Å². The predicted molar refractivity (Wildman–Crippen MR) is 97.0 cm³/mol. The number of halogens is 1. The number of nitrogens with zero attached hydrogens (tertiary/aromatic N) is 2. The molecule has 1 aromatic heterocycles. The normalized spacial score (nSPS) is 11.8. The Bertz CT molecular complexity index is 892. The number of methoxy groups -OCH3 is 1. The highest BCUT2D eigenvalue weighted by Gasteiger charge is 2.22. The molecule has 1 amide bonds. The second-order valence-corrected chi connectivity index (χ2v) is 5.97. The number of nitrogens with one attached hydrogen (secondary N) is 1. The number of rotatable bonds is 5. The third-order valence-electron chi connectivity index (χ3n) is 3.94. The van der Waals surface area contributed by atoms with Crippen molar-refractivity contribution in [2.75, 3.05) is 7.11 Å². The number of carbonyl (C=O) groups excluding carboxylic acids is 1. The van der Waals surface area contributed by atoms with Crippen molar-refractivity contribution in [1.82, 2.24) is 14.9 Å². The van der Waals surface area contributed by atoms with Crippen LogP contribution in [0.3, 0.4) is 0 Å². The van der Waals surface area contributed by atoms with E-state index >= 15 is 0 Å². The Kier molecular flexibility index (Phi) is 5.05. The van der Waals surface area contributed by atoms with Crippen LogP contribution in [-0.2, 0) is 7.05 Å². The summed E-state index contributed by atoms with van der Waals surface area (Å²) in [5.74, 6) is 1.17. The molecule has 128 valence electrons. The zero-order valence-corrected chi connectivity index (χ0v) is 14.7. The summed E-state index contributed by atoms with van der Waals surface area (Å²) in [4.78, 5) is 17.1. The van der Waals surface area contributed by atoms with Crippen molar-refractivity contribution in [3.8, 4) is 5.75 Å². The average molecular weight is 356 g/mol. The summed E-state index contributed by atoms with van der Waals surface area (Å²) in [6.07, 6.45) is 3.54. The van der Waals surface area contributed by atoms with Crippen molar-refractivity contribution in [2.45, 2.75) is 6.04 Å². The maximum atomic E-state index is 12.7. The van der Waals surface area contributed by atoms with Gasteiger partial charge in [0.05, 0.1) is 17.7 Å². The molecule has 6 heteroatoms. The molecule has 3 rings (SSSR count). The van der Waals surface area contributed by atoms with Crippen LogP contribution in [0.1, 0.15) is 27.8 Å². The molecule has 0 bridgehead atoms. The standard InChI is InChI=1S/C19H18ClN3O2/c1-23-11-10-21-18(23)17(13-6-5-7-14(12-13)25-2)22-19(24)15-8-3-4-9-16(15)20/h3-12,17H,1-2H3,(H,22,24)/t17-/m0/s1. The van der Waals surface area contributed by atoms with Crippen molar-refractivity contribution in [3.05, 3.63) is 82.9 Å². The number of hydrogen-bond donors (Lipinski definition) is 1. The number of aromatic nitrogens is 2. The summed E-state index contributed by atoms with van der Waals surface area (Å²) in [6.45, 7) is 0. The van der Waals surface area contributed by atoms with Gasteiger partial charge in [-0.2, -0.15) is 0 Å². The lowest BCUT2D eigenvalue weighted by atomic mass is 10.0. The van der Waals surface area contributed by atoms with Gasteiger partial charge in [0, 0.05) is 19.4 Å². The SMILES string of the molecule is COc1cccc([C@H](NC(=O)c2ccccc2Cl)c2nccn2C)c1. The fraction of sp³-hybridized carbons (Fsp3) is 0.158. The molecule has 0 saturated heterocycles. The molecule has 25 heavy (non-hydrogen) atoms. The molecular weight excluding hydrogens is 338 g/mol. The highest BCUT2D eigenvalue weighted by molar-refractivity contribution is 6.33. The number of carbonyl (C=O) groups is 1. The van der Waals surface area contributed by atoms with E-state index in [1.807, 2.05) is 42.1 Å². The molecule has 0 radical (unpaired) electrons. The van der Waals surface area contributed by atoms with E-state index in [1.54, 1.807) is 37.6 Å². The molecule has 0 saturated carbocycles. The minimum Gasteiger partial charge on any atom is -0.497 e. The number of hydrogen-bond acceptors (Lipinski definition) is 3. The van der Waals surface area contributed by atoms with Gasteiger partial charge in [-0.25, -0.2) is 4.98 Å². The van der Waals surface area contributed by atoms with Gasteiger partial charge in [0.1, 0.15) is 17.6 Å². The Labute approximate surface area is 151 Å². The smallest absolute Gasteiger partial charge is 0.253 e. The van der Waals surface area contributed by atoms with Crippen molar-refractivity contribution >= 4 is 17.5 Å². The van der Waals surface area contributed by atoms with Gasteiger partial charge in [0.25, 0.3) is 5.91 Å². The van der Waals surface area contributed by atoms with Crippen LogP contribution in [0.5, 0.6) is 5.75 Å². The topological polar surface area (TPSA) is 56.1 Å². The third kappa shape index (κ3) is 3.67. The van der Waals surface area contributed by atoms with Crippen molar-refractivity contribution in [1.29, 1.82) is 0 Å². The lowest BCUT2D eigenvalue weighted by Gasteiger charge is -2.20. The van der Waals surface area contributed by atoms with E-state index in [9.17, 15) is 4.79 Å². The first-order chi connectivity index (χ1) is 12.1. The average Bonchev–Trinajstić information content (AvgIpc) is 3.05. The molecule has 3 aromatic rings. The van der Waals surface area contributed by atoms with E-state index in [2.05, 4.69) is 10.3 Å². The first kappa shape index (κ1) is 17.0. The van der Waals surface area contributed by atoms with Gasteiger partial charge in [-0.05, 0) is 29.8 Å². The van der Waals surface area contributed by atoms with Crippen molar-refractivity contribution in [3.63, 3.8) is 0 Å². The van der Waals surface area contributed by atoms with Crippen LogP contribution < -0.4 is 10.1 Å². The minimum absolute atomic E-state index is 0.263. The van der Waals surface area contributed by atoms with Gasteiger partial charge in [0.2, 0.25) is 0 Å². The molecule has 0 aliphatic heterocycles. The molecule has 1 heterocycles. The summed E-state index contributed by atoms with van der Waals surface area (Å²) in [7, 11) is 3.49. The molecule has 0 fully saturated rings. The summed E-state index contributed by atoms with van der Waals surface area (Å²) in [5, 5.41) is 3.43. The van der Waals surface area contributed by atoms with E-state index in [0.29, 0.717) is 22.2 Å². The molecule has 1 atom stereocenters. The molecule has 2 aromatic carbocycles. The van der Waals surface area contributed by atoms with Crippen LogP contribution in [0, 0.1) is 0 Å². The van der Waals surface area contributed by atoms with Gasteiger partial charge in [0.15, 0.2) is 0 Å². The van der Waals surface area contributed by atoms with E-state index < -0.39 is 6.04 Å². The Balaban J connectivity index is 1.99. The van der Waals surface area contributed by atoms with E-state index in [0.717, 1.165) is 5.56 Å². The van der Waals surface area contributed by atoms with Crippen LogP contribution in [0.4, 0.5) is 0 Å². The Hall–Kier alpha value is -2.79. The van der Waals surface area contributed by atoms with E-state index in [1.165, 1.54) is 0 Å². The Morgan fingerprint density at radius 1 is 1.24 bits per heavy atom. The summed E-state index contributed by atoms with van der Waals surface area (Å²) < 4.78 is 7.17. The van der Waals surface area contributed by atoms with Gasteiger partial charge >= 0.3 is 0 Å². The van der Waals surface area contributed by atoms with Crippen LogP contribution >= 0.6 is 11.6 Å². The zero-order valence-electron chi connectivity index (χ0n) is 13.9. The third-order valence-corrected chi connectivity index (χ3v) is 4.27. The quantitative estimate of drug-likeness (QED) is 0.760. The van der Waals surface area contributed by atoms with Gasteiger partial charge in [-0.1, -0.05) is 35.9 Å². The van der Waals surface area contributed by atoms with Gasteiger partial charge < -0.3 is 14.6 Å². The molecule has 0 unspecified atom stereocenters. The maximum Gasteiger partial charge on any atom is 0.253 e. The molecule has 0 spiro atoms. The summed E-state index contributed by atoms with van der Waals surface area (Å²) >= 11 is 6.15. The maximum absolute atomic E-state index is 12.7. The second-order valence-electron chi connectivity index (χ2n) is 5.56. The van der Waals surface area contributed by atoms with Gasteiger partial charge in [-0.15, -0.1) is 0 Å². The number of aryl methyl sites for hydroxylation is 1. The molecule has 1 N–H and O–H groups in total. The summed E-state index contributed by atoms with van der Waals surface area (Å²) in [5.41, 5.74) is 1.29. The number of ether oxygens (including phenoxy) is 1. The molecular formula is C19H18ClN3O2. The van der Waals surface area contributed by atoms with E-state index in [4.69, 9.17) is 16.3 Å². The second kappa shape index (κ2) is 7.40. The fourth-order valence-electron chi connectivity index (χ4n) is 2.63. The molecule has 0 aliphatic rings. The highest BCUT2D eigenvalue weighted by Crippen LogP contribution is 2.25. The lowest BCUT2D eigenvalue weighted by Crippen LogP contribution is -2.31. The van der Waals surface area contributed by atoms with E-state index in [-0.39, 0.29) is 5.91 Å². The number of imidazole rings is 1. The van der Waals surface area contributed by atoms with Crippen LogP contribution in [0.25, 0.3) is 0 Å².